The molecule has 0 bridgehead atoms. The number of benzene rings is 1. The van der Waals surface area contributed by atoms with E-state index in [2.05, 4.69) is 19.2 Å². The highest BCUT2D eigenvalue weighted by Gasteiger charge is 2.12. The molecule has 1 nitrogen and oxygen atoms in total. The van der Waals surface area contributed by atoms with Crippen LogP contribution in [0.15, 0.2) is 18.2 Å². The molecule has 1 unspecified atom stereocenters. The second kappa shape index (κ2) is 6.26. The molecule has 0 amide bonds. The van der Waals surface area contributed by atoms with Crippen LogP contribution in [0.25, 0.3) is 0 Å². The lowest BCUT2D eigenvalue weighted by Gasteiger charge is -2.19. The number of hydrogen-bond donors (Lipinski definition) is 1. The third kappa shape index (κ3) is 3.80. The summed E-state index contributed by atoms with van der Waals surface area (Å²) in [5.41, 5.74) is 2.21. The normalized spacial score (nSPS) is 13.1. The Balaban J connectivity index is 2.78. The molecule has 1 aromatic carbocycles. The van der Waals surface area contributed by atoms with Gasteiger partial charge in [0.25, 0.3) is 0 Å². The van der Waals surface area contributed by atoms with E-state index in [9.17, 15) is 4.39 Å². The molecular weight excluding hydrogens is 221 g/mol. The van der Waals surface area contributed by atoms with Crippen LogP contribution in [0.4, 0.5) is 4.39 Å². The first-order valence-corrected chi connectivity index (χ1v) is 6.64. The summed E-state index contributed by atoms with van der Waals surface area (Å²) in [5.74, 6) is 0.855. The lowest BCUT2D eigenvalue weighted by Crippen LogP contribution is -2.20. The Bertz CT molecular complexity index is 339. The van der Waals surface area contributed by atoms with Crippen LogP contribution in [-0.2, 0) is 0 Å². The molecule has 1 atom stereocenters. The largest absolute Gasteiger partial charge is 0.312 e. The van der Waals surface area contributed by atoms with Crippen molar-refractivity contribution in [1.82, 2.24) is 5.32 Å². The van der Waals surface area contributed by atoms with Gasteiger partial charge in [0.15, 0.2) is 0 Å². The van der Waals surface area contributed by atoms with Crippen molar-refractivity contribution in [2.45, 2.75) is 32.1 Å². The Kier molecular flexibility index (Phi) is 5.29. The van der Waals surface area contributed by atoms with Gasteiger partial charge in [-0.25, -0.2) is 4.39 Å². The summed E-state index contributed by atoms with van der Waals surface area (Å²) in [6, 6.07) is 5.31. The summed E-state index contributed by atoms with van der Waals surface area (Å²) in [6.45, 7) is 6.34. The summed E-state index contributed by atoms with van der Waals surface area (Å²) in [7, 11) is 1.95. The summed E-state index contributed by atoms with van der Waals surface area (Å²) in [4.78, 5) is 0. The van der Waals surface area contributed by atoms with E-state index in [1.54, 1.807) is 6.07 Å². The summed E-state index contributed by atoms with van der Waals surface area (Å²) in [6.07, 6.45) is 0. The molecule has 0 radical (unpaired) electrons. The molecule has 0 aliphatic heterocycles. The molecule has 90 valence electrons. The zero-order chi connectivity index (χ0) is 12.1. The van der Waals surface area contributed by atoms with Gasteiger partial charge in [0.05, 0.1) is 0 Å². The quantitative estimate of drug-likeness (QED) is 0.846. The van der Waals surface area contributed by atoms with E-state index in [4.69, 9.17) is 0 Å². The number of hydrogen-bond acceptors (Lipinski definition) is 2. The predicted octanol–water partition coefficient (Wildman–Crippen LogP) is 3.54. The summed E-state index contributed by atoms with van der Waals surface area (Å²) < 4.78 is 13.0. The van der Waals surface area contributed by atoms with Gasteiger partial charge >= 0.3 is 0 Å². The van der Waals surface area contributed by atoms with Crippen LogP contribution in [0, 0.1) is 12.7 Å². The van der Waals surface area contributed by atoms with E-state index in [1.165, 1.54) is 11.6 Å². The first-order chi connectivity index (χ1) is 7.54. The Morgan fingerprint density at radius 1 is 1.38 bits per heavy atom. The van der Waals surface area contributed by atoms with E-state index >= 15 is 0 Å². The third-order valence-corrected chi connectivity index (χ3v) is 3.74. The maximum absolute atomic E-state index is 13.0. The fraction of sp³-hybridized carbons (Fsp3) is 0.538. The van der Waals surface area contributed by atoms with Crippen molar-refractivity contribution in [3.63, 3.8) is 0 Å². The molecule has 1 N–H and O–H groups in total. The lowest BCUT2D eigenvalue weighted by atomic mass is 10.0. The molecule has 0 aliphatic rings. The van der Waals surface area contributed by atoms with Crippen LogP contribution in [0.3, 0.4) is 0 Å². The van der Waals surface area contributed by atoms with Crippen LogP contribution >= 0.6 is 11.8 Å². The fourth-order valence-electron chi connectivity index (χ4n) is 1.65. The van der Waals surface area contributed by atoms with Gasteiger partial charge in [-0.3, -0.25) is 0 Å². The minimum atomic E-state index is -0.160. The topological polar surface area (TPSA) is 12.0 Å². The van der Waals surface area contributed by atoms with Crippen molar-refractivity contribution >= 4 is 11.8 Å². The van der Waals surface area contributed by atoms with Gasteiger partial charge in [-0.2, -0.15) is 11.8 Å². The number of aryl methyl sites for hydroxylation is 1. The minimum absolute atomic E-state index is 0.160. The Morgan fingerprint density at radius 2 is 2.06 bits per heavy atom. The van der Waals surface area contributed by atoms with E-state index in [0.29, 0.717) is 11.3 Å². The smallest absolute Gasteiger partial charge is 0.123 e. The minimum Gasteiger partial charge on any atom is -0.312 e. The molecule has 0 heterocycles. The van der Waals surface area contributed by atoms with E-state index < -0.39 is 0 Å². The number of halogens is 1. The second-order valence-electron chi connectivity index (χ2n) is 4.22. The van der Waals surface area contributed by atoms with Gasteiger partial charge < -0.3 is 5.32 Å². The zero-order valence-electron chi connectivity index (χ0n) is 10.4. The Morgan fingerprint density at radius 3 is 2.56 bits per heavy atom. The fourth-order valence-corrected chi connectivity index (χ4v) is 2.57. The van der Waals surface area contributed by atoms with E-state index in [-0.39, 0.29) is 5.82 Å². The standard InChI is InChI=1S/C13H20FNS/c1-9(2)16-8-13(15-4)12-6-5-11(14)7-10(12)3/h5-7,9,13,15H,8H2,1-4H3. The number of thioether (sulfide) groups is 1. The maximum Gasteiger partial charge on any atom is 0.123 e. The highest BCUT2D eigenvalue weighted by Crippen LogP contribution is 2.24. The van der Waals surface area contributed by atoms with Crippen molar-refractivity contribution in [2.75, 3.05) is 12.8 Å². The highest BCUT2D eigenvalue weighted by molar-refractivity contribution is 7.99. The van der Waals surface area contributed by atoms with Crippen LogP contribution in [0.1, 0.15) is 31.0 Å². The molecule has 0 saturated heterocycles. The van der Waals surface area contributed by atoms with E-state index in [1.807, 2.05) is 31.8 Å². The van der Waals surface area contributed by atoms with Crippen molar-refractivity contribution in [2.24, 2.45) is 0 Å². The third-order valence-electron chi connectivity index (χ3n) is 2.55. The van der Waals surface area contributed by atoms with Gasteiger partial charge in [0.2, 0.25) is 0 Å². The predicted molar refractivity (Wildman–Crippen MR) is 70.5 cm³/mol. The molecule has 1 aromatic rings. The molecular formula is C13H20FNS. The average molecular weight is 241 g/mol. The zero-order valence-corrected chi connectivity index (χ0v) is 11.2. The molecule has 0 aliphatic carbocycles. The lowest BCUT2D eigenvalue weighted by molar-refractivity contribution is 0.617. The molecule has 0 spiro atoms. The highest BCUT2D eigenvalue weighted by atomic mass is 32.2. The van der Waals surface area contributed by atoms with Gasteiger partial charge in [-0.15, -0.1) is 0 Å². The molecule has 0 saturated carbocycles. The van der Waals surface area contributed by atoms with Crippen LogP contribution in [0.5, 0.6) is 0 Å². The van der Waals surface area contributed by atoms with Crippen LogP contribution in [0.2, 0.25) is 0 Å². The molecule has 1 rings (SSSR count). The van der Waals surface area contributed by atoms with Gasteiger partial charge in [-0.1, -0.05) is 19.9 Å². The molecule has 0 aromatic heterocycles. The van der Waals surface area contributed by atoms with Crippen molar-refractivity contribution in [3.05, 3.63) is 35.1 Å². The van der Waals surface area contributed by atoms with Gasteiger partial charge in [-0.05, 0) is 42.5 Å². The molecule has 0 fully saturated rings. The van der Waals surface area contributed by atoms with Crippen molar-refractivity contribution in [1.29, 1.82) is 0 Å². The average Bonchev–Trinajstić information content (AvgIpc) is 2.21. The summed E-state index contributed by atoms with van der Waals surface area (Å²) >= 11 is 1.92. The van der Waals surface area contributed by atoms with Crippen LogP contribution < -0.4 is 5.32 Å². The summed E-state index contributed by atoms with van der Waals surface area (Å²) in [5, 5.41) is 3.91. The van der Waals surface area contributed by atoms with Crippen molar-refractivity contribution < 1.29 is 4.39 Å². The van der Waals surface area contributed by atoms with Crippen molar-refractivity contribution in [3.8, 4) is 0 Å². The second-order valence-corrected chi connectivity index (χ2v) is 5.83. The SMILES string of the molecule is CNC(CSC(C)C)c1ccc(F)cc1C. The first-order valence-electron chi connectivity index (χ1n) is 5.59. The number of nitrogens with one attached hydrogen (secondary N) is 1. The first kappa shape index (κ1) is 13.5. The van der Waals surface area contributed by atoms with Gasteiger partial charge in [0, 0.05) is 11.8 Å². The van der Waals surface area contributed by atoms with Gasteiger partial charge in [0.1, 0.15) is 5.82 Å². The Labute approximate surface area is 102 Å². The Hall–Kier alpha value is -0.540. The molecule has 16 heavy (non-hydrogen) atoms. The molecule has 3 heteroatoms. The monoisotopic (exact) mass is 241 g/mol. The number of rotatable bonds is 5. The van der Waals surface area contributed by atoms with E-state index in [0.717, 1.165) is 11.3 Å². The van der Waals surface area contributed by atoms with Crippen LogP contribution in [-0.4, -0.2) is 18.1 Å². The maximum atomic E-state index is 13.0.